The molecule has 3 aromatic rings. The molecule has 23 heavy (non-hydrogen) atoms. The maximum Gasteiger partial charge on any atom is 0.125 e. The fraction of sp³-hybridized carbons (Fsp3) is 0.182. The molecule has 1 heteroatoms. The van der Waals surface area contributed by atoms with Gasteiger partial charge in [0.25, 0.3) is 0 Å². The second-order valence-electron chi connectivity index (χ2n) is 6.25. The van der Waals surface area contributed by atoms with E-state index in [-0.39, 0.29) is 6.10 Å². The summed E-state index contributed by atoms with van der Waals surface area (Å²) < 4.78 is 6.31. The Morgan fingerprint density at radius 3 is 2.22 bits per heavy atom. The summed E-state index contributed by atoms with van der Waals surface area (Å²) in [6.07, 6.45) is 1.08. The summed E-state index contributed by atoms with van der Waals surface area (Å²) in [6, 6.07) is 27.9. The molecule has 1 heterocycles. The van der Waals surface area contributed by atoms with Gasteiger partial charge in [0.15, 0.2) is 0 Å². The van der Waals surface area contributed by atoms with Crippen LogP contribution in [0, 0.1) is 6.92 Å². The number of rotatable bonds is 2. The molecule has 0 aliphatic carbocycles. The molecule has 3 aromatic carbocycles. The molecule has 114 valence electrons. The fourth-order valence-corrected chi connectivity index (χ4v) is 3.40. The van der Waals surface area contributed by atoms with E-state index in [2.05, 4.69) is 85.8 Å². The van der Waals surface area contributed by atoms with E-state index in [1.807, 2.05) is 0 Å². The van der Waals surface area contributed by atoms with E-state index >= 15 is 0 Å². The molecule has 0 saturated heterocycles. The highest BCUT2D eigenvalue weighted by Gasteiger charge is 2.29. The molecule has 0 bridgehead atoms. The third-order valence-corrected chi connectivity index (χ3v) is 4.66. The fourth-order valence-electron chi connectivity index (χ4n) is 3.40. The Morgan fingerprint density at radius 1 is 0.739 bits per heavy atom. The zero-order valence-electron chi connectivity index (χ0n) is 13.3. The topological polar surface area (TPSA) is 9.23 Å². The summed E-state index contributed by atoms with van der Waals surface area (Å²) in [6.45, 7) is 2.12. The van der Waals surface area contributed by atoms with E-state index in [1.165, 1.54) is 22.3 Å². The van der Waals surface area contributed by atoms with Crippen molar-refractivity contribution < 1.29 is 4.74 Å². The van der Waals surface area contributed by atoms with Gasteiger partial charge in [-0.15, -0.1) is 0 Å². The normalized spacial score (nSPS) is 19.7. The van der Waals surface area contributed by atoms with Crippen LogP contribution in [0.4, 0.5) is 0 Å². The Labute approximate surface area is 137 Å². The summed E-state index contributed by atoms with van der Waals surface area (Å²) in [5.41, 5.74) is 5.19. The Morgan fingerprint density at radius 2 is 1.43 bits per heavy atom. The number of aryl methyl sites for hydroxylation is 1. The molecular weight excluding hydrogens is 280 g/mol. The quantitative estimate of drug-likeness (QED) is 0.594. The van der Waals surface area contributed by atoms with Crippen molar-refractivity contribution in [3.05, 3.63) is 101 Å². The van der Waals surface area contributed by atoms with E-state index in [9.17, 15) is 0 Å². The highest BCUT2D eigenvalue weighted by atomic mass is 16.5. The van der Waals surface area contributed by atoms with Gasteiger partial charge in [-0.05, 0) is 30.5 Å². The second-order valence-corrected chi connectivity index (χ2v) is 6.25. The molecule has 1 aliphatic heterocycles. The van der Waals surface area contributed by atoms with Gasteiger partial charge in [0.2, 0.25) is 0 Å². The number of para-hydroxylation sites is 1. The smallest absolute Gasteiger partial charge is 0.125 e. The number of hydrogen-bond donors (Lipinski definition) is 0. The minimum absolute atomic E-state index is 0.107. The zero-order chi connectivity index (χ0) is 15.6. The Balaban J connectivity index is 1.75. The molecule has 0 amide bonds. The van der Waals surface area contributed by atoms with Crippen molar-refractivity contribution in [2.45, 2.75) is 25.4 Å². The molecule has 0 N–H and O–H groups in total. The zero-order valence-corrected chi connectivity index (χ0v) is 13.3. The molecule has 0 unspecified atom stereocenters. The molecular formula is C22H20O. The van der Waals surface area contributed by atoms with Gasteiger partial charge in [-0.25, -0.2) is 0 Å². The van der Waals surface area contributed by atoms with Crippen LogP contribution < -0.4 is 4.74 Å². The maximum atomic E-state index is 6.31. The van der Waals surface area contributed by atoms with Crippen LogP contribution >= 0.6 is 0 Å². The lowest BCUT2D eigenvalue weighted by atomic mass is 9.82. The molecule has 4 rings (SSSR count). The Hall–Kier alpha value is -2.54. The van der Waals surface area contributed by atoms with Gasteiger partial charge in [-0.3, -0.25) is 0 Å². The molecule has 0 spiro atoms. The van der Waals surface area contributed by atoms with Crippen LogP contribution in [0.25, 0.3) is 0 Å². The summed E-state index contributed by atoms with van der Waals surface area (Å²) >= 11 is 0. The first-order valence-electron chi connectivity index (χ1n) is 8.18. The first-order valence-corrected chi connectivity index (χ1v) is 8.18. The standard InChI is InChI=1S/C22H20O/c1-16-11-13-18(14-12-16)22-15-20(17-7-3-2-4-8-17)19-9-5-6-10-21(19)23-22/h2-14,20,22H,15H2,1H3/t20-,22+/m0/s1. The molecule has 0 saturated carbocycles. The van der Waals surface area contributed by atoms with Crippen LogP contribution in [-0.2, 0) is 0 Å². The SMILES string of the molecule is Cc1ccc([C@H]2C[C@@H](c3ccccc3)c3ccccc3O2)cc1. The third-order valence-electron chi connectivity index (χ3n) is 4.66. The van der Waals surface area contributed by atoms with Crippen molar-refractivity contribution in [2.75, 3.05) is 0 Å². The van der Waals surface area contributed by atoms with Crippen LogP contribution in [0.5, 0.6) is 5.75 Å². The van der Waals surface area contributed by atoms with Crippen LogP contribution in [0.1, 0.15) is 40.7 Å². The summed E-state index contributed by atoms with van der Waals surface area (Å²) in [5.74, 6) is 1.39. The van der Waals surface area contributed by atoms with E-state index in [1.54, 1.807) is 0 Å². The number of ether oxygens (including phenoxy) is 1. The van der Waals surface area contributed by atoms with Crippen LogP contribution in [0.2, 0.25) is 0 Å². The lowest BCUT2D eigenvalue weighted by molar-refractivity contribution is 0.167. The first-order chi connectivity index (χ1) is 11.3. The van der Waals surface area contributed by atoms with Gasteiger partial charge < -0.3 is 4.74 Å². The van der Waals surface area contributed by atoms with Crippen molar-refractivity contribution in [3.8, 4) is 5.75 Å². The lowest BCUT2D eigenvalue weighted by Crippen LogP contribution is -2.19. The van der Waals surface area contributed by atoms with Crippen LogP contribution in [0.3, 0.4) is 0 Å². The third kappa shape index (κ3) is 2.75. The number of hydrogen-bond acceptors (Lipinski definition) is 1. The highest BCUT2D eigenvalue weighted by Crippen LogP contribution is 2.44. The Bertz CT molecular complexity index is 790. The Kier molecular flexibility index (Phi) is 3.63. The minimum atomic E-state index is 0.107. The largest absolute Gasteiger partial charge is 0.485 e. The predicted molar refractivity (Wildman–Crippen MR) is 93.9 cm³/mol. The van der Waals surface area contributed by atoms with Gasteiger partial charge in [0.1, 0.15) is 11.9 Å². The van der Waals surface area contributed by atoms with Crippen molar-refractivity contribution >= 4 is 0 Å². The van der Waals surface area contributed by atoms with Crippen molar-refractivity contribution in [1.82, 2.24) is 0 Å². The molecule has 1 nitrogen and oxygen atoms in total. The van der Waals surface area contributed by atoms with Gasteiger partial charge in [-0.2, -0.15) is 0 Å². The average molecular weight is 300 g/mol. The first kappa shape index (κ1) is 14.1. The molecule has 0 radical (unpaired) electrons. The summed E-state index contributed by atoms with van der Waals surface area (Å²) in [5, 5.41) is 0. The van der Waals surface area contributed by atoms with E-state index in [0.717, 1.165) is 12.2 Å². The summed E-state index contributed by atoms with van der Waals surface area (Å²) in [7, 11) is 0. The number of fused-ring (bicyclic) bond motifs is 1. The van der Waals surface area contributed by atoms with Gasteiger partial charge in [-0.1, -0.05) is 78.4 Å². The molecule has 2 atom stereocenters. The minimum Gasteiger partial charge on any atom is -0.485 e. The second kappa shape index (κ2) is 5.92. The molecule has 0 aromatic heterocycles. The van der Waals surface area contributed by atoms with Crippen molar-refractivity contribution in [3.63, 3.8) is 0 Å². The van der Waals surface area contributed by atoms with E-state index in [0.29, 0.717) is 5.92 Å². The van der Waals surface area contributed by atoms with Gasteiger partial charge in [0, 0.05) is 11.5 Å². The highest BCUT2D eigenvalue weighted by molar-refractivity contribution is 5.45. The van der Waals surface area contributed by atoms with Crippen LogP contribution in [-0.4, -0.2) is 0 Å². The molecule has 1 aliphatic rings. The van der Waals surface area contributed by atoms with Crippen LogP contribution in [0.15, 0.2) is 78.9 Å². The molecule has 0 fully saturated rings. The average Bonchev–Trinajstić information content (AvgIpc) is 2.62. The van der Waals surface area contributed by atoms with Crippen molar-refractivity contribution in [2.24, 2.45) is 0 Å². The number of benzene rings is 3. The lowest BCUT2D eigenvalue weighted by Gasteiger charge is -2.33. The monoisotopic (exact) mass is 300 g/mol. The van der Waals surface area contributed by atoms with E-state index in [4.69, 9.17) is 4.74 Å². The predicted octanol–water partition coefficient (Wildman–Crippen LogP) is 5.65. The van der Waals surface area contributed by atoms with E-state index < -0.39 is 0 Å². The van der Waals surface area contributed by atoms with Gasteiger partial charge in [0.05, 0.1) is 0 Å². The maximum absolute atomic E-state index is 6.31. The van der Waals surface area contributed by atoms with Crippen molar-refractivity contribution in [1.29, 1.82) is 0 Å². The van der Waals surface area contributed by atoms with Gasteiger partial charge >= 0.3 is 0 Å². The summed E-state index contributed by atoms with van der Waals surface area (Å²) in [4.78, 5) is 0.